The second-order valence-corrected chi connectivity index (χ2v) is 4.06. The first kappa shape index (κ1) is 15.0. The number of amides is 1. The lowest BCUT2D eigenvalue weighted by Crippen LogP contribution is -2.33. The lowest BCUT2D eigenvalue weighted by molar-refractivity contribution is -0.117. The van der Waals surface area contributed by atoms with E-state index in [-0.39, 0.29) is 12.5 Å². The average Bonchev–Trinajstić information content (AvgIpc) is 2.43. The fourth-order valence-electron chi connectivity index (χ4n) is 1.66. The molecule has 1 aromatic rings. The molecule has 19 heavy (non-hydrogen) atoms. The number of anilines is 1. The van der Waals surface area contributed by atoms with Gasteiger partial charge in [0.25, 0.3) is 0 Å². The van der Waals surface area contributed by atoms with Gasteiger partial charge in [-0.05, 0) is 18.7 Å². The average molecular weight is 261 g/mol. The molecule has 5 heteroatoms. The van der Waals surface area contributed by atoms with Crippen LogP contribution in [0.5, 0.6) is 5.75 Å². The molecular formula is C14H19N3O2. The first-order valence-corrected chi connectivity index (χ1v) is 6.22. The van der Waals surface area contributed by atoms with Crippen LogP contribution in [0.4, 0.5) is 5.69 Å². The van der Waals surface area contributed by atoms with Crippen molar-refractivity contribution in [1.29, 1.82) is 5.26 Å². The van der Waals surface area contributed by atoms with E-state index in [0.717, 1.165) is 6.54 Å². The number of likely N-dealkylation sites (N-methyl/N-ethyl adjacent to an activating group) is 1. The van der Waals surface area contributed by atoms with Gasteiger partial charge in [-0.2, -0.15) is 5.26 Å². The Balaban J connectivity index is 2.51. The molecule has 0 aliphatic carbocycles. The van der Waals surface area contributed by atoms with Gasteiger partial charge in [-0.1, -0.05) is 13.0 Å². The summed E-state index contributed by atoms with van der Waals surface area (Å²) in [5, 5.41) is 11.4. The predicted octanol–water partition coefficient (Wildman–Crippen LogP) is 1.87. The van der Waals surface area contributed by atoms with Crippen LogP contribution >= 0.6 is 0 Å². The Morgan fingerprint density at radius 1 is 1.53 bits per heavy atom. The molecule has 0 aliphatic heterocycles. The Kier molecular flexibility index (Phi) is 6.41. The Morgan fingerprint density at radius 2 is 2.32 bits per heavy atom. The van der Waals surface area contributed by atoms with E-state index in [9.17, 15) is 4.79 Å². The van der Waals surface area contributed by atoms with Crippen LogP contribution in [0.3, 0.4) is 0 Å². The number of nitriles is 1. The van der Waals surface area contributed by atoms with Gasteiger partial charge >= 0.3 is 0 Å². The van der Waals surface area contributed by atoms with Crippen molar-refractivity contribution in [2.45, 2.75) is 13.3 Å². The zero-order valence-corrected chi connectivity index (χ0v) is 11.3. The molecule has 102 valence electrons. The van der Waals surface area contributed by atoms with Crippen molar-refractivity contribution < 1.29 is 9.53 Å². The van der Waals surface area contributed by atoms with E-state index >= 15 is 0 Å². The van der Waals surface area contributed by atoms with Gasteiger partial charge in [0.2, 0.25) is 5.91 Å². The van der Waals surface area contributed by atoms with Crippen molar-refractivity contribution in [2.75, 3.05) is 32.1 Å². The van der Waals surface area contributed by atoms with Crippen molar-refractivity contribution in [3.05, 3.63) is 24.3 Å². The van der Waals surface area contributed by atoms with Gasteiger partial charge in [-0.3, -0.25) is 9.69 Å². The minimum atomic E-state index is -0.0898. The van der Waals surface area contributed by atoms with Crippen LogP contribution < -0.4 is 10.1 Å². The van der Waals surface area contributed by atoms with E-state index in [1.807, 2.05) is 30.0 Å². The first-order valence-electron chi connectivity index (χ1n) is 6.22. The van der Waals surface area contributed by atoms with Gasteiger partial charge in [0.05, 0.1) is 19.7 Å². The molecule has 0 bridgehead atoms. The minimum absolute atomic E-state index is 0.0898. The highest BCUT2D eigenvalue weighted by molar-refractivity contribution is 5.92. The van der Waals surface area contributed by atoms with E-state index in [0.29, 0.717) is 24.4 Å². The second kappa shape index (κ2) is 8.11. The second-order valence-electron chi connectivity index (χ2n) is 4.06. The lowest BCUT2D eigenvalue weighted by Gasteiger charge is -2.18. The summed E-state index contributed by atoms with van der Waals surface area (Å²) in [6.07, 6.45) is 0.431. The Bertz CT molecular complexity index is 454. The maximum atomic E-state index is 11.9. The van der Waals surface area contributed by atoms with Crippen LogP contribution in [0.2, 0.25) is 0 Å². The Labute approximate surface area is 113 Å². The van der Waals surface area contributed by atoms with Crippen LogP contribution in [0.15, 0.2) is 24.3 Å². The Morgan fingerprint density at radius 3 is 2.95 bits per heavy atom. The van der Waals surface area contributed by atoms with Crippen molar-refractivity contribution in [3.8, 4) is 11.8 Å². The number of methoxy groups -OCH3 is 1. The highest BCUT2D eigenvalue weighted by Gasteiger charge is 2.09. The number of hydrogen-bond donors (Lipinski definition) is 1. The highest BCUT2D eigenvalue weighted by atomic mass is 16.5. The van der Waals surface area contributed by atoms with Gasteiger partial charge in [0, 0.05) is 24.7 Å². The lowest BCUT2D eigenvalue weighted by atomic mass is 10.3. The summed E-state index contributed by atoms with van der Waals surface area (Å²) in [5.74, 6) is 0.614. The molecule has 0 radical (unpaired) electrons. The largest absolute Gasteiger partial charge is 0.497 e. The third kappa shape index (κ3) is 5.40. The van der Waals surface area contributed by atoms with Crippen LogP contribution in [0.25, 0.3) is 0 Å². The molecule has 0 aliphatic rings. The first-order chi connectivity index (χ1) is 9.19. The monoisotopic (exact) mass is 261 g/mol. The molecule has 5 nitrogen and oxygen atoms in total. The molecule has 0 unspecified atom stereocenters. The summed E-state index contributed by atoms with van der Waals surface area (Å²) in [6, 6.07) is 9.30. The molecule has 1 N–H and O–H groups in total. The zero-order valence-electron chi connectivity index (χ0n) is 11.3. The molecule has 0 aromatic heterocycles. The van der Waals surface area contributed by atoms with Crippen LogP contribution in [0.1, 0.15) is 13.3 Å². The number of nitrogens with zero attached hydrogens (tertiary/aromatic N) is 2. The predicted molar refractivity (Wildman–Crippen MR) is 74.0 cm³/mol. The number of benzene rings is 1. The summed E-state index contributed by atoms with van der Waals surface area (Å²) in [4.78, 5) is 13.8. The molecule has 1 amide bonds. The molecule has 0 atom stereocenters. The number of nitrogens with one attached hydrogen (secondary N) is 1. The third-order valence-corrected chi connectivity index (χ3v) is 2.71. The number of ether oxygens (including phenoxy) is 1. The van der Waals surface area contributed by atoms with Crippen molar-refractivity contribution in [3.63, 3.8) is 0 Å². The van der Waals surface area contributed by atoms with E-state index in [4.69, 9.17) is 10.00 Å². The number of carbonyl (C=O) groups excluding carboxylic acids is 1. The summed E-state index contributed by atoms with van der Waals surface area (Å²) in [6.45, 7) is 3.61. The van der Waals surface area contributed by atoms with Crippen molar-refractivity contribution >= 4 is 11.6 Å². The quantitative estimate of drug-likeness (QED) is 0.813. The summed E-state index contributed by atoms with van der Waals surface area (Å²) >= 11 is 0. The number of rotatable bonds is 7. The van der Waals surface area contributed by atoms with E-state index in [1.54, 1.807) is 13.2 Å². The van der Waals surface area contributed by atoms with Gasteiger partial charge in [-0.15, -0.1) is 0 Å². The van der Waals surface area contributed by atoms with E-state index < -0.39 is 0 Å². The molecular weight excluding hydrogens is 242 g/mol. The van der Waals surface area contributed by atoms with Crippen LogP contribution in [0, 0.1) is 11.3 Å². The molecule has 1 aromatic carbocycles. The number of carbonyl (C=O) groups is 1. The molecule has 0 saturated carbocycles. The van der Waals surface area contributed by atoms with Gasteiger partial charge in [0.15, 0.2) is 0 Å². The van der Waals surface area contributed by atoms with Gasteiger partial charge < -0.3 is 10.1 Å². The van der Waals surface area contributed by atoms with E-state index in [1.165, 1.54) is 0 Å². The standard InChI is InChI=1S/C14H19N3O2/c1-3-17(9-5-8-15)11-14(18)16-12-6-4-7-13(10-12)19-2/h4,6-7,10H,3,5,9,11H2,1-2H3,(H,16,18). The number of hydrogen-bond acceptors (Lipinski definition) is 4. The molecule has 0 heterocycles. The fourth-order valence-corrected chi connectivity index (χ4v) is 1.66. The minimum Gasteiger partial charge on any atom is -0.497 e. The van der Waals surface area contributed by atoms with Crippen LogP contribution in [-0.2, 0) is 4.79 Å². The van der Waals surface area contributed by atoms with Gasteiger partial charge in [0.1, 0.15) is 5.75 Å². The van der Waals surface area contributed by atoms with E-state index in [2.05, 4.69) is 11.4 Å². The van der Waals surface area contributed by atoms with Crippen molar-refractivity contribution in [1.82, 2.24) is 4.90 Å². The normalized spacial score (nSPS) is 10.0. The smallest absolute Gasteiger partial charge is 0.238 e. The molecule has 0 spiro atoms. The summed E-state index contributed by atoms with van der Waals surface area (Å²) < 4.78 is 5.09. The maximum Gasteiger partial charge on any atom is 0.238 e. The fraction of sp³-hybridized carbons (Fsp3) is 0.429. The zero-order chi connectivity index (χ0) is 14.1. The molecule has 0 fully saturated rings. The summed E-state index contributed by atoms with van der Waals surface area (Å²) in [7, 11) is 1.58. The Hall–Kier alpha value is -2.06. The third-order valence-electron chi connectivity index (χ3n) is 2.71. The highest BCUT2D eigenvalue weighted by Crippen LogP contribution is 2.16. The SMILES string of the molecule is CCN(CCC#N)CC(=O)Nc1cccc(OC)c1. The summed E-state index contributed by atoms with van der Waals surface area (Å²) in [5.41, 5.74) is 0.709. The topological polar surface area (TPSA) is 65.4 Å². The van der Waals surface area contributed by atoms with Gasteiger partial charge in [-0.25, -0.2) is 0 Å². The maximum absolute atomic E-state index is 11.9. The molecule has 1 rings (SSSR count). The molecule has 0 saturated heterocycles. The van der Waals surface area contributed by atoms with Crippen molar-refractivity contribution in [2.24, 2.45) is 0 Å². The van der Waals surface area contributed by atoms with Crippen LogP contribution in [-0.4, -0.2) is 37.6 Å².